The number of nitrogen functional groups attached to an aromatic ring is 1. The lowest BCUT2D eigenvalue weighted by Crippen LogP contribution is -2.08. The number of nitrogens with zero attached hydrogens (tertiary/aromatic N) is 5. The van der Waals surface area contributed by atoms with Gasteiger partial charge in [-0.2, -0.15) is 5.10 Å². The number of nitrogens with two attached hydrogens (primary N) is 1. The summed E-state index contributed by atoms with van der Waals surface area (Å²) < 4.78 is 3.66. The molecule has 0 saturated carbocycles. The van der Waals surface area contributed by atoms with Crippen molar-refractivity contribution >= 4 is 5.82 Å². The molecule has 0 aliphatic carbocycles. The molecule has 80 valence electrons. The normalized spacial score (nSPS) is 10.8. The van der Waals surface area contributed by atoms with Gasteiger partial charge in [0.2, 0.25) is 0 Å². The molecule has 0 aliphatic rings. The maximum atomic E-state index is 5.61. The molecule has 0 atom stereocenters. The number of aromatic nitrogens is 5. The fourth-order valence-electron chi connectivity index (χ4n) is 1.45. The van der Waals surface area contributed by atoms with Gasteiger partial charge in [-0.25, -0.2) is 4.68 Å². The minimum atomic E-state index is 0.500. The van der Waals surface area contributed by atoms with E-state index in [1.54, 1.807) is 6.20 Å². The van der Waals surface area contributed by atoms with Crippen molar-refractivity contribution in [3.05, 3.63) is 23.7 Å². The van der Waals surface area contributed by atoms with E-state index in [0.29, 0.717) is 5.82 Å². The third-order valence-electron chi connectivity index (χ3n) is 2.52. The fraction of sp³-hybridized carbons (Fsp3) is 0.444. The van der Waals surface area contributed by atoms with Crippen LogP contribution >= 0.6 is 0 Å². The Kier molecular flexibility index (Phi) is 2.40. The quantitative estimate of drug-likeness (QED) is 0.775. The fourth-order valence-corrected chi connectivity index (χ4v) is 1.45. The Balaban J connectivity index is 2.05. The van der Waals surface area contributed by atoms with Gasteiger partial charge in [-0.1, -0.05) is 5.21 Å². The molecule has 0 unspecified atom stereocenters. The van der Waals surface area contributed by atoms with Crippen LogP contribution in [0.1, 0.15) is 11.4 Å². The Labute approximate surface area is 87.7 Å². The first-order valence-electron chi connectivity index (χ1n) is 4.81. The molecule has 6 nitrogen and oxygen atoms in total. The second-order valence-corrected chi connectivity index (χ2v) is 3.48. The predicted molar refractivity (Wildman–Crippen MR) is 56.1 cm³/mol. The standard InChI is InChI=1S/C9H14N6/c1-7-9(10)12-13-15(7)6-4-8-3-5-11-14(8)2/h3,5H,4,6,10H2,1-2H3. The lowest BCUT2D eigenvalue weighted by molar-refractivity contribution is 0.556. The summed E-state index contributed by atoms with van der Waals surface area (Å²) in [4.78, 5) is 0. The first-order valence-corrected chi connectivity index (χ1v) is 4.81. The van der Waals surface area contributed by atoms with Gasteiger partial charge in [0.05, 0.1) is 5.69 Å². The van der Waals surface area contributed by atoms with Crippen LogP contribution in [-0.2, 0) is 20.0 Å². The highest BCUT2D eigenvalue weighted by atomic mass is 15.4. The van der Waals surface area contributed by atoms with E-state index in [4.69, 9.17) is 5.73 Å². The summed E-state index contributed by atoms with van der Waals surface area (Å²) in [6.45, 7) is 2.69. The molecule has 2 rings (SSSR count). The molecule has 0 spiro atoms. The first kappa shape index (κ1) is 9.70. The monoisotopic (exact) mass is 206 g/mol. The van der Waals surface area contributed by atoms with Gasteiger partial charge in [0.25, 0.3) is 0 Å². The maximum Gasteiger partial charge on any atom is 0.168 e. The second-order valence-electron chi connectivity index (χ2n) is 3.48. The third kappa shape index (κ3) is 1.83. The zero-order valence-corrected chi connectivity index (χ0v) is 8.88. The van der Waals surface area contributed by atoms with Gasteiger partial charge < -0.3 is 5.73 Å². The lowest BCUT2D eigenvalue weighted by atomic mass is 10.3. The molecule has 0 amide bonds. The third-order valence-corrected chi connectivity index (χ3v) is 2.52. The predicted octanol–water partition coefficient (Wildman–Crippen LogP) is 0.145. The van der Waals surface area contributed by atoms with Gasteiger partial charge in [-0.3, -0.25) is 4.68 Å². The van der Waals surface area contributed by atoms with Gasteiger partial charge in [-0.05, 0) is 13.0 Å². The molecule has 0 saturated heterocycles. The molecule has 0 radical (unpaired) electrons. The number of rotatable bonds is 3. The van der Waals surface area contributed by atoms with Crippen LogP contribution in [0, 0.1) is 6.92 Å². The van der Waals surface area contributed by atoms with Gasteiger partial charge in [0, 0.05) is 31.9 Å². The molecular formula is C9H14N6. The summed E-state index contributed by atoms with van der Waals surface area (Å²) in [6.07, 6.45) is 2.66. The molecule has 0 fully saturated rings. The number of anilines is 1. The summed E-state index contributed by atoms with van der Waals surface area (Å²) in [5.74, 6) is 0.500. The van der Waals surface area contributed by atoms with Crippen molar-refractivity contribution in [3.8, 4) is 0 Å². The van der Waals surface area contributed by atoms with E-state index in [2.05, 4.69) is 15.4 Å². The molecular weight excluding hydrogens is 192 g/mol. The van der Waals surface area contributed by atoms with Gasteiger partial charge in [0.1, 0.15) is 0 Å². The van der Waals surface area contributed by atoms with Gasteiger partial charge in [-0.15, -0.1) is 5.10 Å². The summed E-state index contributed by atoms with van der Waals surface area (Å²) in [5.41, 5.74) is 7.69. The van der Waals surface area contributed by atoms with E-state index in [0.717, 1.165) is 18.7 Å². The summed E-state index contributed by atoms with van der Waals surface area (Å²) in [6, 6.07) is 2.00. The summed E-state index contributed by atoms with van der Waals surface area (Å²) >= 11 is 0. The summed E-state index contributed by atoms with van der Waals surface area (Å²) in [5, 5.41) is 11.9. The van der Waals surface area contributed by atoms with Gasteiger partial charge in [0.15, 0.2) is 5.82 Å². The van der Waals surface area contributed by atoms with Crippen molar-refractivity contribution < 1.29 is 0 Å². The molecule has 15 heavy (non-hydrogen) atoms. The van der Waals surface area contributed by atoms with Crippen molar-refractivity contribution in [2.45, 2.75) is 19.9 Å². The van der Waals surface area contributed by atoms with E-state index in [-0.39, 0.29) is 0 Å². The zero-order valence-electron chi connectivity index (χ0n) is 8.88. The van der Waals surface area contributed by atoms with Crippen LogP contribution in [0.15, 0.2) is 12.3 Å². The van der Waals surface area contributed by atoms with E-state index < -0.39 is 0 Å². The van der Waals surface area contributed by atoms with E-state index in [1.165, 1.54) is 5.69 Å². The number of hydrogen-bond acceptors (Lipinski definition) is 4. The minimum Gasteiger partial charge on any atom is -0.381 e. The SMILES string of the molecule is Cc1c(N)nnn1CCc1ccnn1C. The molecule has 2 N–H and O–H groups in total. The van der Waals surface area contributed by atoms with E-state index in [9.17, 15) is 0 Å². The van der Waals surface area contributed by atoms with Crippen molar-refractivity contribution in [2.75, 3.05) is 5.73 Å². The topological polar surface area (TPSA) is 74.6 Å². The van der Waals surface area contributed by atoms with Crippen molar-refractivity contribution in [3.63, 3.8) is 0 Å². The highest BCUT2D eigenvalue weighted by molar-refractivity contribution is 5.31. The van der Waals surface area contributed by atoms with Crippen LogP contribution in [0.3, 0.4) is 0 Å². The first-order chi connectivity index (χ1) is 7.18. The number of aryl methyl sites for hydroxylation is 3. The van der Waals surface area contributed by atoms with Crippen LogP contribution in [0.5, 0.6) is 0 Å². The largest absolute Gasteiger partial charge is 0.381 e. The molecule has 0 aliphatic heterocycles. The van der Waals surface area contributed by atoms with Crippen molar-refractivity contribution in [1.82, 2.24) is 24.8 Å². The van der Waals surface area contributed by atoms with E-state index in [1.807, 2.05) is 29.4 Å². The highest BCUT2D eigenvalue weighted by Gasteiger charge is 2.05. The number of hydrogen-bond donors (Lipinski definition) is 1. The Morgan fingerprint density at radius 3 is 2.80 bits per heavy atom. The average molecular weight is 206 g/mol. The Morgan fingerprint density at radius 2 is 2.27 bits per heavy atom. The van der Waals surface area contributed by atoms with Gasteiger partial charge >= 0.3 is 0 Å². The molecule has 6 heteroatoms. The van der Waals surface area contributed by atoms with Crippen LogP contribution in [0.4, 0.5) is 5.82 Å². The zero-order chi connectivity index (χ0) is 10.8. The molecule has 2 aromatic rings. The molecule has 2 aromatic heterocycles. The summed E-state index contributed by atoms with van der Waals surface area (Å²) in [7, 11) is 1.93. The average Bonchev–Trinajstić information content (AvgIpc) is 2.74. The molecule has 0 bridgehead atoms. The van der Waals surface area contributed by atoms with E-state index >= 15 is 0 Å². The van der Waals surface area contributed by atoms with Crippen LogP contribution in [0.2, 0.25) is 0 Å². The van der Waals surface area contributed by atoms with Crippen LogP contribution in [0.25, 0.3) is 0 Å². The Bertz CT molecular complexity index is 455. The lowest BCUT2D eigenvalue weighted by Gasteiger charge is -2.03. The van der Waals surface area contributed by atoms with Crippen LogP contribution in [-0.4, -0.2) is 24.8 Å². The van der Waals surface area contributed by atoms with Crippen LogP contribution < -0.4 is 5.73 Å². The smallest absolute Gasteiger partial charge is 0.168 e. The molecule has 0 aromatic carbocycles. The Morgan fingerprint density at radius 1 is 1.47 bits per heavy atom. The Hall–Kier alpha value is -1.85. The van der Waals surface area contributed by atoms with Crippen molar-refractivity contribution in [1.29, 1.82) is 0 Å². The second kappa shape index (κ2) is 3.72. The molecule has 2 heterocycles. The highest BCUT2D eigenvalue weighted by Crippen LogP contribution is 2.06. The minimum absolute atomic E-state index is 0.500. The van der Waals surface area contributed by atoms with Crippen molar-refractivity contribution in [2.24, 2.45) is 7.05 Å². The maximum absolute atomic E-state index is 5.61.